The number of hydrogen-bond acceptors (Lipinski definition) is 4. The van der Waals surface area contributed by atoms with E-state index in [1.807, 2.05) is 45.9 Å². The van der Waals surface area contributed by atoms with Gasteiger partial charge in [0.15, 0.2) is 11.5 Å². The van der Waals surface area contributed by atoms with Gasteiger partial charge in [0.2, 0.25) is 0 Å². The molecule has 0 aliphatic rings. The van der Waals surface area contributed by atoms with Gasteiger partial charge < -0.3 is 14.8 Å². The number of rotatable bonds is 6. The van der Waals surface area contributed by atoms with Gasteiger partial charge in [0.05, 0.1) is 18.2 Å². The van der Waals surface area contributed by atoms with E-state index in [0.717, 1.165) is 22.4 Å². The van der Waals surface area contributed by atoms with Crippen LogP contribution in [0.5, 0.6) is 11.5 Å². The van der Waals surface area contributed by atoms with Crippen molar-refractivity contribution in [2.24, 2.45) is 0 Å². The second kappa shape index (κ2) is 9.43. The van der Waals surface area contributed by atoms with Crippen LogP contribution >= 0.6 is 15.9 Å². The van der Waals surface area contributed by atoms with Crippen LogP contribution in [0, 0.1) is 32.1 Å². The highest BCUT2D eigenvalue weighted by molar-refractivity contribution is 9.10. The third-order valence-electron chi connectivity index (χ3n) is 4.13. The quantitative estimate of drug-likeness (QED) is 0.484. The van der Waals surface area contributed by atoms with Gasteiger partial charge in [-0.3, -0.25) is 4.79 Å². The van der Waals surface area contributed by atoms with Crippen LogP contribution in [0.2, 0.25) is 0 Å². The van der Waals surface area contributed by atoms with E-state index in [1.165, 1.54) is 6.08 Å². The van der Waals surface area contributed by atoms with E-state index in [2.05, 4.69) is 21.2 Å². The van der Waals surface area contributed by atoms with E-state index in [4.69, 9.17) is 9.47 Å². The summed E-state index contributed by atoms with van der Waals surface area (Å²) in [7, 11) is 1.55. The molecule has 0 atom stereocenters. The minimum absolute atomic E-state index is 0.00103. The predicted molar refractivity (Wildman–Crippen MR) is 115 cm³/mol. The number of amides is 1. The number of benzene rings is 2. The number of nitrogens with one attached hydrogen (secondary N) is 1. The smallest absolute Gasteiger partial charge is 0.266 e. The molecule has 0 unspecified atom stereocenters. The number of hydrogen-bond donors (Lipinski definition) is 1. The zero-order valence-corrected chi connectivity index (χ0v) is 18.2. The minimum atomic E-state index is -0.456. The van der Waals surface area contributed by atoms with Gasteiger partial charge in [-0.15, -0.1) is 0 Å². The normalized spacial score (nSPS) is 11.0. The highest BCUT2D eigenvalue weighted by Crippen LogP contribution is 2.37. The largest absolute Gasteiger partial charge is 0.492 e. The molecule has 1 N–H and O–H groups in total. The number of nitrogens with zero attached hydrogens (tertiary/aromatic N) is 1. The Morgan fingerprint density at radius 3 is 2.39 bits per heavy atom. The van der Waals surface area contributed by atoms with E-state index in [1.54, 1.807) is 19.2 Å². The van der Waals surface area contributed by atoms with E-state index in [9.17, 15) is 10.1 Å². The van der Waals surface area contributed by atoms with Gasteiger partial charge in [-0.1, -0.05) is 17.7 Å². The third kappa shape index (κ3) is 4.93. The van der Waals surface area contributed by atoms with Crippen LogP contribution in [-0.4, -0.2) is 19.6 Å². The van der Waals surface area contributed by atoms with Gasteiger partial charge in [-0.05, 0) is 78.5 Å². The average Bonchev–Trinajstić information content (AvgIpc) is 2.62. The Labute approximate surface area is 174 Å². The molecule has 2 aromatic carbocycles. The summed E-state index contributed by atoms with van der Waals surface area (Å²) in [5, 5.41) is 12.4. The summed E-state index contributed by atoms with van der Waals surface area (Å²) in [5.74, 6) is 0.642. The van der Waals surface area contributed by atoms with Crippen LogP contribution in [0.3, 0.4) is 0 Å². The summed E-state index contributed by atoms with van der Waals surface area (Å²) < 4.78 is 11.6. The average molecular weight is 443 g/mol. The van der Waals surface area contributed by atoms with Crippen molar-refractivity contribution in [1.82, 2.24) is 0 Å². The van der Waals surface area contributed by atoms with Gasteiger partial charge in [0.1, 0.15) is 11.6 Å². The molecule has 5 nitrogen and oxygen atoms in total. The van der Waals surface area contributed by atoms with Crippen LogP contribution < -0.4 is 14.8 Å². The van der Waals surface area contributed by atoms with Gasteiger partial charge in [-0.25, -0.2) is 0 Å². The maximum atomic E-state index is 12.7. The zero-order chi connectivity index (χ0) is 20.8. The first-order valence-corrected chi connectivity index (χ1v) is 9.61. The lowest BCUT2D eigenvalue weighted by Gasteiger charge is -2.13. The minimum Gasteiger partial charge on any atom is -0.492 e. The molecule has 0 bridgehead atoms. The fraction of sp³-hybridized carbons (Fsp3) is 0.273. The maximum absolute atomic E-state index is 12.7. The van der Waals surface area contributed by atoms with Gasteiger partial charge >= 0.3 is 0 Å². The van der Waals surface area contributed by atoms with Gasteiger partial charge in [-0.2, -0.15) is 5.26 Å². The number of ether oxygens (including phenoxy) is 2. The molecule has 6 heteroatoms. The Balaban J connectivity index is 2.39. The monoisotopic (exact) mass is 442 g/mol. The molecule has 146 valence electrons. The Bertz CT molecular complexity index is 951. The number of anilines is 1. The van der Waals surface area contributed by atoms with Crippen molar-refractivity contribution in [1.29, 1.82) is 5.26 Å². The van der Waals surface area contributed by atoms with E-state index >= 15 is 0 Å². The van der Waals surface area contributed by atoms with Gasteiger partial charge in [0.25, 0.3) is 5.91 Å². The molecule has 0 aliphatic carbocycles. The molecule has 1 amide bonds. The second-order valence-electron chi connectivity index (χ2n) is 6.36. The molecule has 0 aromatic heterocycles. The second-order valence-corrected chi connectivity index (χ2v) is 7.22. The Morgan fingerprint density at radius 1 is 1.21 bits per heavy atom. The van der Waals surface area contributed by atoms with Crippen molar-refractivity contribution >= 4 is 33.6 Å². The number of carbonyl (C=O) groups is 1. The molecule has 0 saturated heterocycles. The van der Waals surface area contributed by atoms with Crippen LogP contribution in [0.25, 0.3) is 6.08 Å². The number of nitriles is 1. The highest BCUT2D eigenvalue weighted by Gasteiger charge is 2.15. The summed E-state index contributed by atoms with van der Waals surface area (Å²) in [5.41, 5.74) is 4.40. The number of aryl methyl sites for hydroxylation is 3. The van der Waals surface area contributed by atoms with Crippen molar-refractivity contribution in [3.8, 4) is 17.6 Å². The fourth-order valence-electron chi connectivity index (χ4n) is 3.01. The molecular weight excluding hydrogens is 420 g/mol. The van der Waals surface area contributed by atoms with Crippen LogP contribution in [0.4, 0.5) is 5.69 Å². The lowest BCUT2D eigenvalue weighted by Crippen LogP contribution is -2.15. The van der Waals surface area contributed by atoms with Crippen LogP contribution in [-0.2, 0) is 4.79 Å². The lowest BCUT2D eigenvalue weighted by molar-refractivity contribution is -0.112. The summed E-state index contributed by atoms with van der Waals surface area (Å²) in [6.45, 7) is 8.20. The molecule has 0 aliphatic heterocycles. The molecule has 28 heavy (non-hydrogen) atoms. The highest BCUT2D eigenvalue weighted by atomic mass is 79.9. The molecule has 0 heterocycles. The van der Waals surface area contributed by atoms with E-state index in [-0.39, 0.29) is 5.57 Å². The Kier molecular flexibility index (Phi) is 7.24. The van der Waals surface area contributed by atoms with Crippen LogP contribution in [0.15, 0.2) is 34.3 Å². The van der Waals surface area contributed by atoms with Crippen molar-refractivity contribution in [3.63, 3.8) is 0 Å². The number of carbonyl (C=O) groups excluding carboxylic acids is 1. The van der Waals surface area contributed by atoms with Crippen molar-refractivity contribution in [2.45, 2.75) is 27.7 Å². The van der Waals surface area contributed by atoms with E-state index in [0.29, 0.717) is 28.1 Å². The third-order valence-corrected chi connectivity index (χ3v) is 4.72. The predicted octanol–water partition coefficient (Wildman–Crippen LogP) is 5.33. The van der Waals surface area contributed by atoms with Gasteiger partial charge in [0, 0.05) is 5.69 Å². The van der Waals surface area contributed by atoms with Crippen molar-refractivity contribution in [3.05, 3.63) is 56.6 Å². The number of halogens is 1. The maximum Gasteiger partial charge on any atom is 0.266 e. The molecule has 0 fully saturated rings. The first-order chi connectivity index (χ1) is 13.3. The Hall–Kier alpha value is -2.78. The van der Waals surface area contributed by atoms with Crippen molar-refractivity contribution < 1.29 is 14.3 Å². The topological polar surface area (TPSA) is 71.3 Å². The number of methoxy groups -OCH3 is 1. The molecule has 2 rings (SSSR count). The first-order valence-electron chi connectivity index (χ1n) is 8.82. The first kappa shape index (κ1) is 21.5. The summed E-state index contributed by atoms with van der Waals surface area (Å²) in [6.07, 6.45) is 1.53. The van der Waals surface area contributed by atoms with E-state index < -0.39 is 5.91 Å². The fourth-order valence-corrected chi connectivity index (χ4v) is 3.63. The molecule has 0 saturated carbocycles. The summed E-state index contributed by atoms with van der Waals surface area (Å²) in [6, 6.07) is 9.48. The molecule has 0 spiro atoms. The summed E-state index contributed by atoms with van der Waals surface area (Å²) >= 11 is 3.44. The molecule has 0 radical (unpaired) electrons. The standard InChI is InChI=1S/C22H23BrN2O3/c1-6-28-19-11-16(10-18(23)21(19)27-5)9-17(12-24)22(26)25-20-14(3)7-13(2)8-15(20)4/h7-11H,6H2,1-5H3,(H,25,26)/b17-9+. The van der Waals surface area contributed by atoms with Crippen molar-refractivity contribution in [2.75, 3.05) is 19.0 Å². The SMILES string of the molecule is CCOc1cc(/C=C(\C#N)C(=O)Nc2c(C)cc(C)cc2C)cc(Br)c1OC. The lowest BCUT2D eigenvalue weighted by atomic mass is 10.0. The summed E-state index contributed by atoms with van der Waals surface area (Å²) in [4.78, 5) is 12.7. The van der Waals surface area contributed by atoms with Crippen LogP contribution in [0.1, 0.15) is 29.2 Å². The Morgan fingerprint density at radius 2 is 1.86 bits per heavy atom. The zero-order valence-electron chi connectivity index (χ0n) is 16.6. The molecule has 2 aromatic rings. The molecular formula is C22H23BrN2O3.